The molecule has 1 aliphatic carbocycles. The summed E-state index contributed by atoms with van der Waals surface area (Å²) in [6.07, 6.45) is 0. The predicted molar refractivity (Wildman–Crippen MR) is 241 cm³/mol. The summed E-state index contributed by atoms with van der Waals surface area (Å²) in [6.45, 7) is 4.75. The molecule has 0 atom stereocenters. The van der Waals surface area contributed by atoms with Gasteiger partial charge in [0.25, 0.3) is 0 Å². The maximum Gasteiger partial charge on any atom is 0.0544 e. The van der Waals surface area contributed by atoms with E-state index in [4.69, 9.17) is 0 Å². The first kappa shape index (κ1) is 32.1. The van der Waals surface area contributed by atoms with Crippen LogP contribution in [0.15, 0.2) is 194 Å². The topological polar surface area (TPSA) is 9.86 Å². The van der Waals surface area contributed by atoms with Gasteiger partial charge in [0.05, 0.1) is 27.8 Å². The van der Waals surface area contributed by atoms with Crippen LogP contribution in [-0.4, -0.2) is 9.13 Å². The zero-order chi connectivity index (χ0) is 37.8. The summed E-state index contributed by atoms with van der Waals surface area (Å²) < 4.78 is 4.93. The van der Waals surface area contributed by atoms with Crippen molar-refractivity contribution in [2.45, 2.75) is 19.3 Å². The van der Waals surface area contributed by atoms with Crippen LogP contribution in [-0.2, 0) is 5.41 Å². The van der Waals surface area contributed by atoms with Crippen molar-refractivity contribution in [2.24, 2.45) is 0 Å². The zero-order valence-corrected chi connectivity index (χ0v) is 31.9. The van der Waals surface area contributed by atoms with Crippen LogP contribution in [0.25, 0.3) is 99.1 Å². The molecule has 268 valence electrons. The Labute approximate surface area is 331 Å². The smallest absolute Gasteiger partial charge is 0.0544 e. The van der Waals surface area contributed by atoms with Gasteiger partial charge in [-0.05, 0) is 111 Å². The Morgan fingerprint density at radius 2 is 0.930 bits per heavy atom. The van der Waals surface area contributed by atoms with E-state index in [1.165, 1.54) is 105 Å². The second-order valence-corrected chi connectivity index (χ2v) is 16.2. The number of hydrogen-bond acceptors (Lipinski definition) is 0. The first-order valence-electron chi connectivity index (χ1n) is 19.9. The highest BCUT2D eigenvalue weighted by molar-refractivity contribution is 6.15. The molecule has 2 heteroatoms. The van der Waals surface area contributed by atoms with Crippen LogP contribution < -0.4 is 0 Å². The lowest BCUT2D eigenvalue weighted by atomic mass is 9.82. The third-order valence-corrected chi connectivity index (χ3v) is 12.7. The average Bonchev–Trinajstić information content (AvgIpc) is 3.85. The molecule has 11 aromatic rings. The van der Waals surface area contributed by atoms with Gasteiger partial charge in [-0.3, -0.25) is 0 Å². The van der Waals surface area contributed by atoms with Gasteiger partial charge in [-0.1, -0.05) is 147 Å². The van der Waals surface area contributed by atoms with Gasteiger partial charge in [-0.25, -0.2) is 0 Å². The lowest BCUT2D eigenvalue weighted by Gasteiger charge is -2.21. The third-order valence-electron chi connectivity index (χ3n) is 12.7. The van der Waals surface area contributed by atoms with Crippen LogP contribution >= 0.6 is 0 Å². The van der Waals surface area contributed by atoms with Gasteiger partial charge < -0.3 is 9.13 Å². The molecular formula is C55H38N2. The molecular weight excluding hydrogens is 689 g/mol. The van der Waals surface area contributed by atoms with E-state index >= 15 is 0 Å². The molecule has 0 saturated carbocycles. The van der Waals surface area contributed by atoms with E-state index in [1.54, 1.807) is 0 Å². The molecule has 0 fully saturated rings. The molecule has 0 radical (unpaired) electrons. The highest BCUT2D eigenvalue weighted by Gasteiger charge is 2.36. The Hall–Kier alpha value is -7.16. The van der Waals surface area contributed by atoms with Gasteiger partial charge in [0.15, 0.2) is 0 Å². The molecule has 0 spiro atoms. The van der Waals surface area contributed by atoms with Crippen LogP contribution in [0.4, 0.5) is 0 Å². The standard InChI is InChI=1S/C55H38N2/c1-55(2)48-23-10-8-21-42(48)44-33-47-46-32-39(27-29-53(46)57(54(47)34-49(44)55)50-25-13-17-36-16-6-7-20-41(36)50)38-26-28-52-45(31-38)43-22-9-11-24-51(43)56(52)40-19-12-18-37(30-40)35-14-4-3-5-15-35/h3-34H,1-2H3. The number of aromatic nitrogens is 2. The van der Waals surface area contributed by atoms with Gasteiger partial charge in [-0.2, -0.15) is 0 Å². The van der Waals surface area contributed by atoms with E-state index in [9.17, 15) is 0 Å². The van der Waals surface area contributed by atoms with Crippen molar-refractivity contribution in [3.63, 3.8) is 0 Å². The second-order valence-electron chi connectivity index (χ2n) is 16.2. The largest absolute Gasteiger partial charge is 0.309 e. The van der Waals surface area contributed by atoms with Crippen LogP contribution in [0.1, 0.15) is 25.0 Å². The van der Waals surface area contributed by atoms with E-state index in [0.29, 0.717) is 0 Å². The molecule has 0 saturated heterocycles. The quantitative estimate of drug-likeness (QED) is 0.171. The SMILES string of the molecule is CC1(C)c2ccccc2-c2cc3c4cc(-c5ccc6c(c5)c5ccccc5n6-c5cccc(-c6ccccc6)c5)ccc4n(-c4cccc5ccccc45)c3cc21. The Morgan fingerprint density at radius 3 is 1.77 bits per heavy atom. The van der Waals surface area contributed by atoms with Crippen molar-refractivity contribution in [3.05, 3.63) is 205 Å². The molecule has 0 bridgehead atoms. The molecule has 0 amide bonds. The molecule has 1 aliphatic rings. The van der Waals surface area contributed by atoms with E-state index in [1.807, 2.05) is 0 Å². The number of benzene rings is 9. The lowest BCUT2D eigenvalue weighted by Crippen LogP contribution is -2.14. The molecule has 57 heavy (non-hydrogen) atoms. The van der Waals surface area contributed by atoms with Gasteiger partial charge in [0, 0.05) is 38.0 Å². The number of hydrogen-bond donors (Lipinski definition) is 0. The minimum absolute atomic E-state index is 0.0945. The first-order chi connectivity index (χ1) is 28.0. The summed E-state index contributed by atoms with van der Waals surface area (Å²) >= 11 is 0. The fourth-order valence-corrected chi connectivity index (χ4v) is 9.94. The fourth-order valence-electron chi connectivity index (χ4n) is 9.94. The number of nitrogens with zero attached hydrogens (tertiary/aromatic N) is 2. The van der Waals surface area contributed by atoms with E-state index < -0.39 is 0 Å². The Bertz CT molecular complexity index is 3420. The van der Waals surface area contributed by atoms with E-state index in [0.717, 1.165) is 5.69 Å². The van der Waals surface area contributed by atoms with Crippen molar-refractivity contribution < 1.29 is 0 Å². The Kier molecular flexibility index (Phi) is 6.72. The zero-order valence-electron chi connectivity index (χ0n) is 31.9. The molecule has 0 aliphatic heterocycles. The van der Waals surface area contributed by atoms with Crippen molar-refractivity contribution in [1.29, 1.82) is 0 Å². The summed E-state index contributed by atoms with van der Waals surface area (Å²) in [4.78, 5) is 0. The highest BCUT2D eigenvalue weighted by atomic mass is 15.0. The normalized spacial score (nSPS) is 13.2. The maximum absolute atomic E-state index is 2.51. The summed E-state index contributed by atoms with van der Waals surface area (Å²) in [5, 5.41) is 7.55. The van der Waals surface area contributed by atoms with Crippen molar-refractivity contribution in [2.75, 3.05) is 0 Å². The van der Waals surface area contributed by atoms with E-state index in [-0.39, 0.29) is 5.41 Å². The Balaban J connectivity index is 1.08. The van der Waals surface area contributed by atoms with Crippen molar-refractivity contribution in [1.82, 2.24) is 9.13 Å². The lowest BCUT2D eigenvalue weighted by molar-refractivity contribution is 0.661. The molecule has 2 heterocycles. The third kappa shape index (κ3) is 4.65. The predicted octanol–water partition coefficient (Wildman–Crippen LogP) is 14.7. The highest BCUT2D eigenvalue weighted by Crippen LogP contribution is 2.51. The maximum atomic E-state index is 2.51. The minimum Gasteiger partial charge on any atom is -0.309 e. The number of rotatable bonds is 4. The second kappa shape index (κ2) is 11.9. The van der Waals surface area contributed by atoms with Crippen LogP contribution in [0.5, 0.6) is 0 Å². The van der Waals surface area contributed by atoms with Crippen LogP contribution in [0.3, 0.4) is 0 Å². The Morgan fingerprint density at radius 1 is 0.333 bits per heavy atom. The average molecular weight is 727 g/mol. The van der Waals surface area contributed by atoms with Crippen molar-refractivity contribution in [3.8, 4) is 44.8 Å². The molecule has 2 aromatic heterocycles. The monoisotopic (exact) mass is 726 g/mol. The molecule has 0 unspecified atom stereocenters. The van der Waals surface area contributed by atoms with Crippen LogP contribution in [0, 0.1) is 0 Å². The minimum atomic E-state index is -0.0945. The molecule has 12 rings (SSSR count). The van der Waals surface area contributed by atoms with E-state index in [2.05, 4.69) is 217 Å². The molecule has 9 aromatic carbocycles. The van der Waals surface area contributed by atoms with Crippen molar-refractivity contribution >= 4 is 54.4 Å². The van der Waals surface area contributed by atoms with Crippen LogP contribution in [0.2, 0.25) is 0 Å². The molecule has 2 nitrogen and oxygen atoms in total. The fraction of sp³-hybridized carbons (Fsp3) is 0.0545. The summed E-state index contributed by atoms with van der Waals surface area (Å²) in [5.41, 5.74) is 17.5. The first-order valence-corrected chi connectivity index (χ1v) is 19.9. The summed E-state index contributed by atoms with van der Waals surface area (Å²) in [7, 11) is 0. The van der Waals surface area contributed by atoms with Gasteiger partial charge in [0.2, 0.25) is 0 Å². The van der Waals surface area contributed by atoms with Gasteiger partial charge >= 0.3 is 0 Å². The number of fused-ring (bicyclic) bond motifs is 10. The van der Waals surface area contributed by atoms with Gasteiger partial charge in [0.1, 0.15) is 0 Å². The summed E-state index contributed by atoms with van der Waals surface area (Å²) in [5.74, 6) is 0. The molecule has 0 N–H and O–H groups in total. The number of para-hydroxylation sites is 1. The summed E-state index contributed by atoms with van der Waals surface area (Å²) in [6, 6.07) is 71.9. The van der Waals surface area contributed by atoms with Gasteiger partial charge in [-0.15, -0.1) is 0 Å².